The molecule has 2 aromatic carbocycles. The molecule has 124 valence electrons. The summed E-state index contributed by atoms with van der Waals surface area (Å²) < 4.78 is 1.61. The number of amides is 1. The molecule has 25 heavy (non-hydrogen) atoms. The first-order chi connectivity index (χ1) is 12.2. The van der Waals surface area contributed by atoms with Crippen LogP contribution in [0.2, 0.25) is 0 Å². The molecule has 0 saturated carbocycles. The third kappa shape index (κ3) is 2.99. The first-order valence-electron chi connectivity index (χ1n) is 7.93. The van der Waals surface area contributed by atoms with E-state index in [2.05, 4.69) is 25.6 Å². The highest BCUT2D eigenvalue weighted by Crippen LogP contribution is 2.16. The number of para-hydroxylation sites is 2. The van der Waals surface area contributed by atoms with E-state index in [-0.39, 0.29) is 11.9 Å². The predicted octanol–water partition coefficient (Wildman–Crippen LogP) is 2.63. The minimum atomic E-state index is -0.241. The summed E-state index contributed by atoms with van der Waals surface area (Å²) in [5.41, 5.74) is 3.16. The molecule has 0 aliphatic rings. The number of hydrogen-bond donors (Lipinski definition) is 2. The molecule has 7 nitrogen and oxygen atoms in total. The van der Waals surface area contributed by atoms with E-state index in [1.54, 1.807) is 29.2 Å². The summed E-state index contributed by atoms with van der Waals surface area (Å²) in [6.07, 6.45) is 3.32. The zero-order valence-corrected chi connectivity index (χ0v) is 13.5. The SMILES string of the molecule is C[C@H](NC(=O)c1cccc(-n2ccnn2)c1)c1nc2ccccc2[nH]1. The van der Waals surface area contributed by atoms with Crippen molar-refractivity contribution in [2.24, 2.45) is 0 Å². The van der Waals surface area contributed by atoms with Gasteiger partial charge in [-0.25, -0.2) is 9.67 Å². The molecule has 0 aliphatic carbocycles. The number of imidazole rings is 1. The molecule has 4 aromatic rings. The average Bonchev–Trinajstić information content (AvgIpc) is 3.31. The van der Waals surface area contributed by atoms with Gasteiger partial charge in [-0.3, -0.25) is 4.79 Å². The Hall–Kier alpha value is -3.48. The second-order valence-electron chi connectivity index (χ2n) is 5.73. The van der Waals surface area contributed by atoms with Gasteiger partial charge in [0.15, 0.2) is 0 Å². The minimum absolute atomic E-state index is 0.171. The summed E-state index contributed by atoms with van der Waals surface area (Å²) in [7, 11) is 0. The number of carbonyl (C=O) groups is 1. The van der Waals surface area contributed by atoms with Gasteiger partial charge in [0.2, 0.25) is 0 Å². The number of H-pyrrole nitrogens is 1. The zero-order valence-electron chi connectivity index (χ0n) is 13.5. The predicted molar refractivity (Wildman–Crippen MR) is 93.3 cm³/mol. The van der Waals surface area contributed by atoms with Crippen LogP contribution >= 0.6 is 0 Å². The maximum Gasteiger partial charge on any atom is 0.251 e. The van der Waals surface area contributed by atoms with Gasteiger partial charge in [-0.05, 0) is 37.3 Å². The summed E-state index contributed by atoms with van der Waals surface area (Å²) in [6, 6.07) is 14.8. The fourth-order valence-corrected chi connectivity index (χ4v) is 2.66. The number of carbonyl (C=O) groups excluding carboxylic acids is 1. The van der Waals surface area contributed by atoms with Crippen molar-refractivity contribution in [2.45, 2.75) is 13.0 Å². The van der Waals surface area contributed by atoms with E-state index in [1.807, 2.05) is 43.3 Å². The van der Waals surface area contributed by atoms with Crippen LogP contribution in [0, 0.1) is 0 Å². The fourth-order valence-electron chi connectivity index (χ4n) is 2.66. The normalized spacial score (nSPS) is 12.2. The monoisotopic (exact) mass is 332 g/mol. The molecule has 2 N–H and O–H groups in total. The number of nitrogens with zero attached hydrogens (tertiary/aromatic N) is 4. The third-order valence-electron chi connectivity index (χ3n) is 3.96. The Bertz CT molecular complexity index is 988. The first-order valence-corrected chi connectivity index (χ1v) is 7.93. The van der Waals surface area contributed by atoms with Crippen molar-refractivity contribution in [3.8, 4) is 5.69 Å². The Morgan fingerprint density at radius 1 is 1.20 bits per heavy atom. The van der Waals surface area contributed by atoms with E-state index in [1.165, 1.54) is 0 Å². The lowest BCUT2D eigenvalue weighted by Gasteiger charge is -2.12. The van der Waals surface area contributed by atoms with Crippen LogP contribution in [0.25, 0.3) is 16.7 Å². The fraction of sp³-hybridized carbons (Fsp3) is 0.111. The van der Waals surface area contributed by atoms with Gasteiger partial charge in [-0.2, -0.15) is 0 Å². The minimum Gasteiger partial charge on any atom is -0.342 e. The average molecular weight is 332 g/mol. The third-order valence-corrected chi connectivity index (χ3v) is 3.96. The van der Waals surface area contributed by atoms with Crippen LogP contribution in [0.5, 0.6) is 0 Å². The molecule has 0 aliphatic heterocycles. The molecule has 7 heteroatoms. The summed E-state index contributed by atoms with van der Waals surface area (Å²) >= 11 is 0. The van der Waals surface area contributed by atoms with Crippen LogP contribution in [0.1, 0.15) is 29.1 Å². The lowest BCUT2D eigenvalue weighted by Crippen LogP contribution is -2.27. The Morgan fingerprint density at radius 2 is 2.08 bits per heavy atom. The molecule has 0 bridgehead atoms. The van der Waals surface area contributed by atoms with Crippen molar-refractivity contribution in [1.82, 2.24) is 30.3 Å². The van der Waals surface area contributed by atoms with Crippen LogP contribution < -0.4 is 5.32 Å². The second-order valence-corrected chi connectivity index (χ2v) is 5.73. The highest BCUT2D eigenvalue weighted by Gasteiger charge is 2.15. The van der Waals surface area contributed by atoms with E-state index in [4.69, 9.17) is 0 Å². The molecule has 0 fully saturated rings. The van der Waals surface area contributed by atoms with E-state index in [0.717, 1.165) is 22.5 Å². The number of aromatic amines is 1. The number of nitrogens with one attached hydrogen (secondary N) is 2. The molecule has 0 radical (unpaired) electrons. The molecular formula is C18H16N6O. The second kappa shape index (κ2) is 6.20. The summed E-state index contributed by atoms with van der Waals surface area (Å²) in [5, 5.41) is 10.7. The molecule has 1 amide bonds. The Morgan fingerprint density at radius 3 is 2.88 bits per heavy atom. The quantitative estimate of drug-likeness (QED) is 0.601. The van der Waals surface area contributed by atoms with Gasteiger partial charge < -0.3 is 10.3 Å². The largest absolute Gasteiger partial charge is 0.342 e. The number of fused-ring (bicyclic) bond motifs is 1. The number of rotatable bonds is 4. The van der Waals surface area contributed by atoms with E-state index in [9.17, 15) is 4.79 Å². The highest BCUT2D eigenvalue weighted by atomic mass is 16.1. The van der Waals surface area contributed by atoms with Crippen LogP contribution in [-0.2, 0) is 0 Å². The van der Waals surface area contributed by atoms with Crippen molar-refractivity contribution >= 4 is 16.9 Å². The Labute approximate surface area is 143 Å². The number of benzene rings is 2. The van der Waals surface area contributed by atoms with Crippen molar-refractivity contribution in [1.29, 1.82) is 0 Å². The molecule has 2 heterocycles. The smallest absolute Gasteiger partial charge is 0.251 e. The molecule has 0 unspecified atom stereocenters. The van der Waals surface area contributed by atoms with Crippen LogP contribution in [0.15, 0.2) is 60.9 Å². The van der Waals surface area contributed by atoms with Gasteiger partial charge in [0, 0.05) is 5.56 Å². The van der Waals surface area contributed by atoms with E-state index < -0.39 is 0 Å². The zero-order chi connectivity index (χ0) is 17.2. The van der Waals surface area contributed by atoms with Crippen molar-refractivity contribution < 1.29 is 4.79 Å². The van der Waals surface area contributed by atoms with Crippen LogP contribution in [0.4, 0.5) is 0 Å². The topological polar surface area (TPSA) is 88.5 Å². The van der Waals surface area contributed by atoms with Crippen molar-refractivity contribution in [2.75, 3.05) is 0 Å². The molecule has 4 rings (SSSR count). The molecule has 1 atom stereocenters. The molecular weight excluding hydrogens is 316 g/mol. The lowest BCUT2D eigenvalue weighted by molar-refractivity contribution is 0.0938. The maximum atomic E-state index is 12.6. The first kappa shape index (κ1) is 15.1. The van der Waals surface area contributed by atoms with Gasteiger partial charge in [-0.15, -0.1) is 5.10 Å². The molecule has 0 spiro atoms. The lowest BCUT2D eigenvalue weighted by atomic mass is 10.1. The van der Waals surface area contributed by atoms with Crippen LogP contribution in [-0.4, -0.2) is 30.9 Å². The van der Waals surface area contributed by atoms with Gasteiger partial charge >= 0.3 is 0 Å². The molecule has 0 saturated heterocycles. The van der Waals surface area contributed by atoms with E-state index in [0.29, 0.717) is 5.56 Å². The summed E-state index contributed by atoms with van der Waals surface area (Å²) in [5.74, 6) is 0.553. The van der Waals surface area contributed by atoms with Gasteiger partial charge in [0.05, 0.1) is 35.2 Å². The Balaban J connectivity index is 1.54. The standard InChI is InChI=1S/C18H16N6O/c1-12(17-21-15-7-2-3-8-16(15)22-17)20-18(25)13-5-4-6-14(11-13)24-10-9-19-23-24/h2-12H,1H3,(H,20,25)(H,21,22)/t12-/m0/s1. The highest BCUT2D eigenvalue weighted by molar-refractivity contribution is 5.95. The Kier molecular flexibility index (Phi) is 3.74. The van der Waals surface area contributed by atoms with Crippen molar-refractivity contribution in [3.05, 3.63) is 72.3 Å². The van der Waals surface area contributed by atoms with E-state index >= 15 is 0 Å². The number of hydrogen-bond acceptors (Lipinski definition) is 4. The van der Waals surface area contributed by atoms with Crippen LogP contribution in [0.3, 0.4) is 0 Å². The van der Waals surface area contributed by atoms with Gasteiger partial charge in [-0.1, -0.05) is 23.4 Å². The summed E-state index contributed by atoms with van der Waals surface area (Å²) in [6.45, 7) is 1.90. The van der Waals surface area contributed by atoms with Crippen molar-refractivity contribution in [3.63, 3.8) is 0 Å². The number of aromatic nitrogens is 5. The van der Waals surface area contributed by atoms with Gasteiger partial charge in [0.25, 0.3) is 5.91 Å². The maximum absolute atomic E-state index is 12.6. The summed E-state index contributed by atoms with van der Waals surface area (Å²) in [4.78, 5) is 20.3. The molecule has 2 aromatic heterocycles. The van der Waals surface area contributed by atoms with Gasteiger partial charge in [0.1, 0.15) is 5.82 Å².